The maximum atomic E-state index is 10.1. The Kier molecular flexibility index (Phi) is 4.78. The maximum absolute atomic E-state index is 10.1. The Hall–Kier alpha value is -1.72. The number of rotatable bonds is 5. The lowest BCUT2D eigenvalue weighted by Crippen LogP contribution is -2.00. The van der Waals surface area contributed by atoms with E-state index in [2.05, 4.69) is 33.9 Å². The van der Waals surface area contributed by atoms with E-state index in [0.29, 0.717) is 6.42 Å². The van der Waals surface area contributed by atoms with Crippen LogP contribution < -0.4 is 0 Å². The summed E-state index contributed by atoms with van der Waals surface area (Å²) >= 11 is 5.00. The summed E-state index contributed by atoms with van der Waals surface area (Å²) in [5, 5.41) is 18.8. The van der Waals surface area contributed by atoms with Crippen LogP contribution in [0.2, 0.25) is 0 Å². The van der Waals surface area contributed by atoms with Gasteiger partial charge in [-0.05, 0) is 42.3 Å². The van der Waals surface area contributed by atoms with E-state index in [-0.39, 0.29) is 5.75 Å². The molecule has 0 aliphatic carbocycles. The molecule has 0 unspecified atom stereocenters. The van der Waals surface area contributed by atoms with Gasteiger partial charge in [-0.2, -0.15) is 0 Å². The van der Waals surface area contributed by atoms with E-state index >= 15 is 0 Å². The van der Waals surface area contributed by atoms with Gasteiger partial charge < -0.3 is 10.5 Å². The number of nitrogens with one attached hydrogen (secondary N) is 1. The van der Waals surface area contributed by atoms with Crippen molar-refractivity contribution in [2.24, 2.45) is 0 Å². The highest BCUT2D eigenvalue weighted by molar-refractivity contribution is 9.10. The van der Waals surface area contributed by atoms with Crippen molar-refractivity contribution in [3.05, 3.63) is 46.4 Å². The minimum absolute atomic E-state index is 0.234. The number of hydrogen-bond donors (Lipinski definition) is 2. The van der Waals surface area contributed by atoms with E-state index in [1.165, 1.54) is 0 Å². The van der Waals surface area contributed by atoms with Gasteiger partial charge in [-0.1, -0.05) is 35.3 Å². The third kappa shape index (κ3) is 3.62. The molecule has 3 nitrogen and oxygen atoms in total. The van der Waals surface area contributed by atoms with Crippen LogP contribution >= 0.6 is 27.3 Å². The van der Waals surface area contributed by atoms with E-state index in [1.54, 1.807) is 17.4 Å². The van der Waals surface area contributed by atoms with Crippen LogP contribution in [0.25, 0.3) is 20.8 Å². The molecule has 0 amide bonds. The summed E-state index contributed by atoms with van der Waals surface area (Å²) in [6.07, 6.45) is 2.55. The Morgan fingerprint density at radius 3 is 2.87 bits per heavy atom. The zero-order valence-electron chi connectivity index (χ0n) is 12.8. The summed E-state index contributed by atoms with van der Waals surface area (Å²) in [5.74, 6) is 0.234. The van der Waals surface area contributed by atoms with Gasteiger partial charge in [0.25, 0.3) is 0 Å². The first-order valence-electron chi connectivity index (χ1n) is 7.51. The maximum Gasteiger partial charge on any atom is 0.128 e. The minimum Gasteiger partial charge on any atom is -0.507 e. The van der Waals surface area contributed by atoms with Crippen LogP contribution in [0.4, 0.5) is 0 Å². The topological polar surface area (TPSA) is 57.0 Å². The molecule has 0 bridgehead atoms. The molecule has 1 heterocycles. The van der Waals surface area contributed by atoms with Crippen molar-refractivity contribution in [2.45, 2.75) is 26.2 Å². The molecule has 0 radical (unpaired) electrons. The van der Waals surface area contributed by atoms with Crippen LogP contribution in [0.5, 0.6) is 5.75 Å². The Morgan fingerprint density at radius 2 is 2.09 bits per heavy atom. The molecule has 2 aromatic carbocycles. The first kappa shape index (κ1) is 16.1. The second-order valence-corrected chi connectivity index (χ2v) is 7.46. The van der Waals surface area contributed by atoms with Gasteiger partial charge in [0.1, 0.15) is 10.8 Å². The van der Waals surface area contributed by atoms with Crippen LogP contribution in [-0.4, -0.2) is 15.8 Å². The zero-order valence-corrected chi connectivity index (χ0v) is 15.2. The quantitative estimate of drug-likeness (QED) is 0.543. The number of phenols is 1. The Bertz CT molecular complexity index is 873. The number of aromatic hydroxyl groups is 1. The van der Waals surface area contributed by atoms with Gasteiger partial charge in [0.05, 0.1) is 15.8 Å². The van der Waals surface area contributed by atoms with Gasteiger partial charge in [0.15, 0.2) is 0 Å². The summed E-state index contributed by atoms with van der Waals surface area (Å²) in [4.78, 5) is 4.63. The molecule has 5 heteroatoms. The van der Waals surface area contributed by atoms with Crippen molar-refractivity contribution in [3.63, 3.8) is 0 Å². The smallest absolute Gasteiger partial charge is 0.128 e. The highest BCUT2D eigenvalue weighted by Crippen LogP contribution is 2.37. The number of phenolic OH excluding ortho intramolecular Hbond substituents is 1. The molecule has 0 spiro atoms. The molecule has 2 N–H and O–H groups in total. The lowest BCUT2D eigenvalue weighted by Gasteiger charge is -2.02. The summed E-state index contributed by atoms with van der Waals surface area (Å²) in [5.41, 5.74) is 3.57. The summed E-state index contributed by atoms with van der Waals surface area (Å²) in [6, 6.07) is 11.5. The Labute approximate surface area is 147 Å². The molecule has 0 saturated carbocycles. The zero-order chi connectivity index (χ0) is 16.4. The monoisotopic (exact) mass is 388 g/mol. The predicted molar refractivity (Wildman–Crippen MR) is 101 cm³/mol. The molecule has 0 atom stereocenters. The Balaban J connectivity index is 1.96. The van der Waals surface area contributed by atoms with Crippen molar-refractivity contribution >= 4 is 43.2 Å². The molecule has 0 saturated heterocycles. The molecular formula is C18H17BrN2OS. The van der Waals surface area contributed by atoms with Gasteiger partial charge in [-0.15, -0.1) is 11.3 Å². The fourth-order valence-electron chi connectivity index (χ4n) is 2.51. The van der Waals surface area contributed by atoms with Crippen LogP contribution in [-0.2, 0) is 6.42 Å². The van der Waals surface area contributed by atoms with Gasteiger partial charge in [0, 0.05) is 16.6 Å². The molecule has 3 aromatic rings. The number of thiazole rings is 1. The lowest BCUT2D eigenvalue weighted by molar-refractivity contribution is 0.477. The van der Waals surface area contributed by atoms with Crippen molar-refractivity contribution in [3.8, 4) is 16.3 Å². The average Bonchev–Trinajstić information content (AvgIpc) is 2.93. The van der Waals surface area contributed by atoms with Gasteiger partial charge in [-0.25, -0.2) is 4.98 Å². The normalized spacial score (nSPS) is 11.0. The van der Waals surface area contributed by atoms with Crippen molar-refractivity contribution in [2.75, 3.05) is 0 Å². The van der Waals surface area contributed by atoms with Crippen LogP contribution in [0.15, 0.2) is 40.9 Å². The molecule has 1 aromatic heterocycles. The largest absolute Gasteiger partial charge is 0.507 e. The molecule has 118 valence electrons. The van der Waals surface area contributed by atoms with Crippen molar-refractivity contribution < 1.29 is 5.11 Å². The fourth-order valence-corrected chi connectivity index (χ4v) is 3.93. The number of halogens is 1. The molecule has 23 heavy (non-hydrogen) atoms. The van der Waals surface area contributed by atoms with Crippen LogP contribution in [0, 0.1) is 5.41 Å². The highest BCUT2D eigenvalue weighted by Gasteiger charge is 2.11. The number of fused-ring (bicyclic) bond motifs is 1. The van der Waals surface area contributed by atoms with Crippen molar-refractivity contribution in [1.82, 2.24) is 4.98 Å². The highest BCUT2D eigenvalue weighted by atomic mass is 79.9. The molecule has 0 aliphatic rings. The van der Waals surface area contributed by atoms with Gasteiger partial charge in [0.2, 0.25) is 0 Å². The molecule has 3 rings (SSSR count). The first-order chi connectivity index (χ1) is 11.1. The van der Waals surface area contributed by atoms with E-state index < -0.39 is 0 Å². The number of aromatic nitrogens is 1. The van der Waals surface area contributed by atoms with E-state index in [1.807, 2.05) is 24.3 Å². The van der Waals surface area contributed by atoms with E-state index in [9.17, 15) is 5.11 Å². The average molecular weight is 389 g/mol. The SMILES string of the molecule is CCCC(=N)Cc1ccc2nc(-c3cc(Br)ccc3O)sc2c1. The molecule has 0 fully saturated rings. The molecule has 0 aliphatic heterocycles. The number of nitrogens with zero attached hydrogens (tertiary/aromatic N) is 1. The van der Waals surface area contributed by atoms with Crippen LogP contribution in [0.1, 0.15) is 25.3 Å². The fraction of sp³-hybridized carbons (Fsp3) is 0.222. The lowest BCUT2D eigenvalue weighted by atomic mass is 10.1. The summed E-state index contributed by atoms with van der Waals surface area (Å²) < 4.78 is 2.00. The second-order valence-electron chi connectivity index (χ2n) is 5.51. The van der Waals surface area contributed by atoms with Crippen molar-refractivity contribution in [1.29, 1.82) is 5.41 Å². The third-order valence-electron chi connectivity index (χ3n) is 3.61. The van der Waals surface area contributed by atoms with E-state index in [0.717, 1.165) is 49.4 Å². The minimum atomic E-state index is 0.234. The number of benzene rings is 2. The summed E-state index contributed by atoms with van der Waals surface area (Å²) in [6.45, 7) is 2.09. The predicted octanol–water partition coefficient (Wildman–Crippen LogP) is 5.79. The van der Waals surface area contributed by atoms with E-state index in [4.69, 9.17) is 5.41 Å². The first-order valence-corrected chi connectivity index (χ1v) is 9.12. The van der Waals surface area contributed by atoms with Gasteiger partial charge >= 0.3 is 0 Å². The van der Waals surface area contributed by atoms with Gasteiger partial charge in [-0.3, -0.25) is 0 Å². The standard InChI is InChI=1S/C18H17BrN2OS/c1-2-3-13(20)8-11-4-6-15-17(9-11)23-18(21-15)14-10-12(19)5-7-16(14)22/h4-7,9-10,20,22H,2-3,8H2,1H3. The van der Waals surface area contributed by atoms with Crippen LogP contribution in [0.3, 0.4) is 0 Å². The molecular weight excluding hydrogens is 372 g/mol. The Morgan fingerprint density at radius 1 is 1.26 bits per heavy atom. The summed E-state index contributed by atoms with van der Waals surface area (Å²) in [7, 11) is 0. The third-order valence-corrected chi connectivity index (χ3v) is 5.16. The second kappa shape index (κ2) is 6.81. The number of hydrogen-bond acceptors (Lipinski definition) is 4.